The Kier molecular flexibility index (Phi) is 4.31. The Bertz CT molecular complexity index is 485. The lowest BCUT2D eigenvalue weighted by Crippen LogP contribution is -2.08. The zero-order valence-corrected chi connectivity index (χ0v) is 10.8. The average Bonchev–Trinajstić information content (AvgIpc) is 2.42. The third-order valence-electron chi connectivity index (χ3n) is 2.90. The second kappa shape index (κ2) is 6.17. The molecule has 0 radical (unpaired) electrons. The molecule has 0 aliphatic carbocycles. The highest BCUT2D eigenvalue weighted by Gasteiger charge is 2.07. The number of methoxy groups -OCH3 is 1. The van der Waals surface area contributed by atoms with Gasteiger partial charge in [0.1, 0.15) is 0 Å². The number of nitrogens with one attached hydrogen (secondary N) is 1. The summed E-state index contributed by atoms with van der Waals surface area (Å²) < 4.78 is 5.21. The number of benzene rings is 1. The van der Waals surface area contributed by atoms with Crippen molar-refractivity contribution in [1.29, 1.82) is 0 Å². The number of ether oxygens (including phenoxy) is 1. The largest absolute Gasteiger partial charge is 0.380 e. The van der Waals surface area contributed by atoms with Crippen molar-refractivity contribution in [3.05, 3.63) is 59.9 Å². The first-order valence-corrected chi connectivity index (χ1v) is 6.04. The minimum atomic E-state index is 0.242. The molecule has 1 aromatic heterocycles. The fourth-order valence-corrected chi connectivity index (χ4v) is 1.91. The van der Waals surface area contributed by atoms with Crippen LogP contribution in [-0.2, 0) is 11.3 Å². The van der Waals surface area contributed by atoms with E-state index in [1.54, 1.807) is 7.11 Å². The van der Waals surface area contributed by atoms with Crippen LogP contribution in [0.25, 0.3) is 0 Å². The van der Waals surface area contributed by atoms with E-state index in [1.807, 2.05) is 36.7 Å². The van der Waals surface area contributed by atoms with Gasteiger partial charge in [0, 0.05) is 36.8 Å². The molecule has 2 rings (SSSR count). The second-order valence-corrected chi connectivity index (χ2v) is 4.24. The highest BCUT2D eigenvalue weighted by atomic mass is 16.5. The van der Waals surface area contributed by atoms with Gasteiger partial charge in [-0.3, -0.25) is 4.98 Å². The van der Waals surface area contributed by atoms with Gasteiger partial charge in [-0.15, -0.1) is 0 Å². The molecule has 2 aromatic rings. The number of para-hydroxylation sites is 1. The number of anilines is 1. The first-order valence-electron chi connectivity index (χ1n) is 6.04. The topological polar surface area (TPSA) is 34.1 Å². The van der Waals surface area contributed by atoms with Crippen LogP contribution in [0.2, 0.25) is 0 Å². The monoisotopic (exact) mass is 242 g/mol. The van der Waals surface area contributed by atoms with Crippen molar-refractivity contribution in [2.24, 2.45) is 0 Å². The lowest BCUT2D eigenvalue weighted by Gasteiger charge is -2.18. The minimum Gasteiger partial charge on any atom is -0.380 e. The van der Waals surface area contributed by atoms with Crippen molar-refractivity contribution in [2.75, 3.05) is 12.4 Å². The van der Waals surface area contributed by atoms with Gasteiger partial charge in [-0.2, -0.15) is 0 Å². The smallest absolute Gasteiger partial charge is 0.0733 e. The zero-order valence-electron chi connectivity index (χ0n) is 10.8. The molecule has 3 nitrogen and oxygen atoms in total. The summed E-state index contributed by atoms with van der Waals surface area (Å²) in [6.45, 7) is 2.76. The Morgan fingerprint density at radius 3 is 2.61 bits per heavy atom. The molecule has 1 unspecified atom stereocenters. The van der Waals surface area contributed by atoms with Crippen LogP contribution in [0.1, 0.15) is 24.1 Å². The molecule has 0 bridgehead atoms. The van der Waals surface area contributed by atoms with Gasteiger partial charge in [0.25, 0.3) is 0 Å². The third-order valence-corrected chi connectivity index (χ3v) is 2.90. The molecule has 0 amide bonds. The van der Waals surface area contributed by atoms with Gasteiger partial charge in [0.05, 0.1) is 6.61 Å². The summed E-state index contributed by atoms with van der Waals surface area (Å²) in [5.41, 5.74) is 3.50. The molecule has 0 spiro atoms. The number of hydrogen-bond donors (Lipinski definition) is 1. The first-order chi connectivity index (χ1) is 8.81. The summed E-state index contributed by atoms with van der Waals surface area (Å²) in [5.74, 6) is 0. The molecule has 0 aliphatic rings. The molecule has 1 heterocycles. The fourth-order valence-electron chi connectivity index (χ4n) is 1.91. The molecule has 1 N–H and O–H groups in total. The van der Waals surface area contributed by atoms with E-state index in [2.05, 4.69) is 29.4 Å². The van der Waals surface area contributed by atoms with Crippen LogP contribution in [0.5, 0.6) is 0 Å². The summed E-state index contributed by atoms with van der Waals surface area (Å²) in [5, 5.41) is 3.50. The van der Waals surface area contributed by atoms with E-state index in [-0.39, 0.29) is 6.04 Å². The van der Waals surface area contributed by atoms with E-state index < -0.39 is 0 Å². The van der Waals surface area contributed by atoms with Crippen LogP contribution in [0.3, 0.4) is 0 Å². The standard InChI is InChI=1S/C15H18N2O/c1-12(13-7-9-16-10-8-13)17-15-6-4-3-5-14(15)11-18-2/h3-10,12,17H,11H2,1-2H3. The van der Waals surface area contributed by atoms with Crippen molar-refractivity contribution in [3.8, 4) is 0 Å². The Morgan fingerprint density at radius 2 is 1.89 bits per heavy atom. The van der Waals surface area contributed by atoms with E-state index in [0.29, 0.717) is 6.61 Å². The van der Waals surface area contributed by atoms with Crippen molar-refractivity contribution >= 4 is 5.69 Å². The van der Waals surface area contributed by atoms with E-state index in [9.17, 15) is 0 Å². The number of rotatable bonds is 5. The van der Waals surface area contributed by atoms with Gasteiger partial charge in [-0.05, 0) is 30.7 Å². The molecule has 3 heteroatoms. The lowest BCUT2D eigenvalue weighted by molar-refractivity contribution is 0.185. The zero-order chi connectivity index (χ0) is 12.8. The molecular formula is C15H18N2O. The molecule has 0 saturated carbocycles. The van der Waals surface area contributed by atoms with Crippen LogP contribution in [0.4, 0.5) is 5.69 Å². The highest BCUT2D eigenvalue weighted by molar-refractivity contribution is 5.52. The number of nitrogens with zero attached hydrogens (tertiary/aromatic N) is 1. The molecule has 1 atom stereocenters. The molecule has 18 heavy (non-hydrogen) atoms. The average molecular weight is 242 g/mol. The predicted octanol–water partition coefficient (Wildman–Crippen LogP) is 3.40. The number of hydrogen-bond acceptors (Lipinski definition) is 3. The van der Waals surface area contributed by atoms with Crippen LogP contribution < -0.4 is 5.32 Å². The van der Waals surface area contributed by atoms with E-state index in [0.717, 1.165) is 5.69 Å². The summed E-state index contributed by atoms with van der Waals surface area (Å²) in [6.07, 6.45) is 3.63. The van der Waals surface area contributed by atoms with Gasteiger partial charge in [-0.1, -0.05) is 18.2 Å². The van der Waals surface area contributed by atoms with Crippen molar-refractivity contribution in [2.45, 2.75) is 19.6 Å². The van der Waals surface area contributed by atoms with Crippen molar-refractivity contribution in [1.82, 2.24) is 4.98 Å². The Balaban J connectivity index is 2.14. The predicted molar refractivity (Wildman–Crippen MR) is 73.4 cm³/mol. The van der Waals surface area contributed by atoms with E-state index >= 15 is 0 Å². The Morgan fingerprint density at radius 1 is 1.17 bits per heavy atom. The maximum atomic E-state index is 5.21. The van der Waals surface area contributed by atoms with Gasteiger partial charge in [0.15, 0.2) is 0 Å². The molecular weight excluding hydrogens is 224 g/mol. The second-order valence-electron chi connectivity index (χ2n) is 4.24. The number of aromatic nitrogens is 1. The minimum absolute atomic E-state index is 0.242. The fraction of sp³-hybridized carbons (Fsp3) is 0.267. The quantitative estimate of drug-likeness (QED) is 0.872. The molecule has 0 saturated heterocycles. The van der Waals surface area contributed by atoms with Crippen LogP contribution in [0.15, 0.2) is 48.8 Å². The summed E-state index contributed by atoms with van der Waals surface area (Å²) >= 11 is 0. The van der Waals surface area contributed by atoms with Crippen LogP contribution in [-0.4, -0.2) is 12.1 Å². The maximum absolute atomic E-state index is 5.21. The normalized spacial score (nSPS) is 12.1. The highest BCUT2D eigenvalue weighted by Crippen LogP contribution is 2.22. The molecule has 0 aliphatic heterocycles. The molecule has 0 fully saturated rings. The van der Waals surface area contributed by atoms with Crippen molar-refractivity contribution < 1.29 is 4.74 Å². The number of pyridine rings is 1. The Labute approximate surface area is 108 Å². The molecule has 94 valence electrons. The molecule has 1 aromatic carbocycles. The van der Waals surface area contributed by atoms with Gasteiger partial charge in [0.2, 0.25) is 0 Å². The SMILES string of the molecule is COCc1ccccc1NC(C)c1ccncc1. The van der Waals surface area contributed by atoms with Crippen LogP contribution >= 0.6 is 0 Å². The van der Waals surface area contributed by atoms with E-state index in [4.69, 9.17) is 4.74 Å². The third kappa shape index (κ3) is 3.08. The first kappa shape index (κ1) is 12.6. The summed E-state index contributed by atoms with van der Waals surface area (Å²) in [7, 11) is 1.71. The Hall–Kier alpha value is -1.87. The maximum Gasteiger partial charge on any atom is 0.0733 e. The van der Waals surface area contributed by atoms with Crippen molar-refractivity contribution in [3.63, 3.8) is 0 Å². The van der Waals surface area contributed by atoms with Gasteiger partial charge < -0.3 is 10.1 Å². The summed E-state index contributed by atoms with van der Waals surface area (Å²) in [4.78, 5) is 4.03. The summed E-state index contributed by atoms with van der Waals surface area (Å²) in [6, 6.07) is 12.5. The van der Waals surface area contributed by atoms with Crippen LogP contribution in [0, 0.1) is 0 Å². The van der Waals surface area contributed by atoms with Gasteiger partial charge >= 0.3 is 0 Å². The van der Waals surface area contributed by atoms with Gasteiger partial charge in [-0.25, -0.2) is 0 Å². The lowest BCUT2D eigenvalue weighted by atomic mass is 10.1. The van der Waals surface area contributed by atoms with E-state index in [1.165, 1.54) is 11.1 Å².